The molecule has 0 aliphatic carbocycles. The van der Waals surface area contributed by atoms with E-state index >= 15 is 0 Å². The van der Waals surface area contributed by atoms with E-state index in [1.807, 2.05) is 12.1 Å². The van der Waals surface area contributed by atoms with Gasteiger partial charge in [0.05, 0.1) is 10.6 Å². The predicted octanol–water partition coefficient (Wildman–Crippen LogP) is 3.60. The number of hydrogen-bond donors (Lipinski definition) is 0. The van der Waals surface area contributed by atoms with Gasteiger partial charge < -0.3 is 0 Å². The van der Waals surface area contributed by atoms with Crippen LogP contribution in [0.25, 0.3) is 0 Å². The second kappa shape index (κ2) is 4.86. The van der Waals surface area contributed by atoms with Crippen molar-refractivity contribution in [3.05, 3.63) is 29.8 Å². The summed E-state index contributed by atoms with van der Waals surface area (Å²) in [5.41, 5.74) is 0.850. The van der Waals surface area contributed by atoms with Crippen LogP contribution in [0.3, 0.4) is 0 Å². The summed E-state index contributed by atoms with van der Waals surface area (Å²) in [5.74, 6) is 0.751. The molecule has 0 fully saturated rings. The molecule has 2 nitrogen and oxygen atoms in total. The highest BCUT2D eigenvalue weighted by Crippen LogP contribution is 2.49. The molecule has 0 spiro atoms. The fraction of sp³-hybridized carbons (Fsp3) is 0.571. The Morgan fingerprint density at radius 3 is 2.44 bits per heavy atom. The Hall–Kier alpha value is -0.540. The van der Waals surface area contributed by atoms with Crippen LogP contribution in [0, 0.1) is 5.41 Å². The molecule has 2 rings (SSSR count). The van der Waals surface area contributed by atoms with E-state index in [2.05, 4.69) is 13.8 Å². The largest absolute Gasteiger partial charge is 0.224 e. The van der Waals surface area contributed by atoms with E-state index in [4.69, 9.17) is 11.6 Å². The number of benzene rings is 1. The average Bonchev–Trinajstić information content (AvgIpc) is 2.66. The van der Waals surface area contributed by atoms with Crippen LogP contribution >= 0.6 is 11.6 Å². The fourth-order valence-corrected chi connectivity index (χ4v) is 5.55. The first-order chi connectivity index (χ1) is 8.50. The lowest BCUT2D eigenvalue weighted by molar-refractivity contribution is 0.252. The minimum Gasteiger partial charge on any atom is -0.224 e. The van der Waals surface area contributed by atoms with Gasteiger partial charge in [-0.2, -0.15) is 0 Å². The monoisotopic (exact) mass is 286 g/mol. The summed E-state index contributed by atoms with van der Waals surface area (Å²) in [4.78, 5) is 0.506. The summed E-state index contributed by atoms with van der Waals surface area (Å²) in [6.45, 7) is 4.19. The van der Waals surface area contributed by atoms with Gasteiger partial charge in [0.25, 0.3) is 0 Å². The van der Waals surface area contributed by atoms with Crippen LogP contribution < -0.4 is 0 Å². The van der Waals surface area contributed by atoms with Crippen molar-refractivity contribution in [3.63, 3.8) is 0 Å². The van der Waals surface area contributed by atoms with Gasteiger partial charge in [-0.05, 0) is 29.9 Å². The number of alkyl halides is 1. The summed E-state index contributed by atoms with van der Waals surface area (Å²) in [6.07, 6.45) is 1.81. The quantitative estimate of drug-likeness (QED) is 0.793. The maximum Gasteiger partial charge on any atom is 0.179 e. The number of hydrogen-bond acceptors (Lipinski definition) is 2. The van der Waals surface area contributed by atoms with Crippen molar-refractivity contribution in [2.45, 2.75) is 37.5 Å². The molecule has 100 valence electrons. The van der Waals surface area contributed by atoms with Crippen LogP contribution in [0.4, 0.5) is 0 Å². The van der Waals surface area contributed by atoms with Gasteiger partial charge >= 0.3 is 0 Å². The van der Waals surface area contributed by atoms with Gasteiger partial charge in [0, 0.05) is 11.8 Å². The topological polar surface area (TPSA) is 34.1 Å². The van der Waals surface area contributed by atoms with Crippen LogP contribution in [-0.4, -0.2) is 20.1 Å². The van der Waals surface area contributed by atoms with Crippen molar-refractivity contribution in [1.82, 2.24) is 0 Å². The van der Waals surface area contributed by atoms with Gasteiger partial charge in [-0.25, -0.2) is 8.42 Å². The smallest absolute Gasteiger partial charge is 0.179 e. The summed E-state index contributed by atoms with van der Waals surface area (Å²) >= 11 is 6.17. The van der Waals surface area contributed by atoms with E-state index in [0.29, 0.717) is 10.8 Å². The zero-order valence-electron chi connectivity index (χ0n) is 10.8. The van der Waals surface area contributed by atoms with Crippen molar-refractivity contribution in [3.8, 4) is 0 Å². The second-order valence-electron chi connectivity index (χ2n) is 5.07. The molecule has 1 aromatic carbocycles. The molecular weight excluding hydrogens is 268 g/mol. The number of rotatable bonds is 4. The molecule has 1 aliphatic rings. The molecule has 0 amide bonds. The highest BCUT2D eigenvalue weighted by Gasteiger charge is 2.45. The van der Waals surface area contributed by atoms with E-state index < -0.39 is 9.84 Å². The minimum absolute atomic E-state index is 0.0335. The molecule has 1 unspecified atom stereocenters. The summed E-state index contributed by atoms with van der Waals surface area (Å²) in [6, 6.07) is 7.36. The Labute approximate surface area is 114 Å². The van der Waals surface area contributed by atoms with Gasteiger partial charge in [-0.1, -0.05) is 32.0 Å². The first-order valence-corrected chi connectivity index (χ1v) is 8.57. The normalized spacial score (nSPS) is 21.8. The van der Waals surface area contributed by atoms with Gasteiger partial charge in [0.15, 0.2) is 9.84 Å². The Balaban J connectivity index is 2.57. The zero-order chi connectivity index (χ0) is 13.4. The van der Waals surface area contributed by atoms with Crippen LogP contribution in [0.15, 0.2) is 29.2 Å². The fourth-order valence-electron chi connectivity index (χ4n) is 2.98. The third kappa shape index (κ3) is 1.97. The van der Waals surface area contributed by atoms with E-state index in [0.717, 1.165) is 18.4 Å². The molecule has 1 heterocycles. The second-order valence-corrected chi connectivity index (χ2v) is 7.34. The maximum absolute atomic E-state index is 12.2. The van der Waals surface area contributed by atoms with Crippen molar-refractivity contribution < 1.29 is 8.42 Å². The van der Waals surface area contributed by atoms with Gasteiger partial charge in [-0.15, -0.1) is 11.6 Å². The SMILES string of the molecule is CCC(CC)(CCl)C1CS(=O)(=O)c2ccccc21. The number of halogens is 1. The first kappa shape index (κ1) is 13.9. The molecule has 18 heavy (non-hydrogen) atoms. The molecule has 0 aromatic heterocycles. The van der Waals surface area contributed by atoms with Crippen molar-refractivity contribution in [2.75, 3.05) is 11.6 Å². The zero-order valence-corrected chi connectivity index (χ0v) is 12.4. The molecule has 4 heteroatoms. The third-order valence-electron chi connectivity index (χ3n) is 4.43. The summed E-state index contributed by atoms with van der Waals surface area (Å²) in [7, 11) is -3.13. The lowest BCUT2D eigenvalue weighted by Crippen LogP contribution is -2.31. The van der Waals surface area contributed by atoms with Crippen molar-refractivity contribution >= 4 is 21.4 Å². The number of fused-ring (bicyclic) bond motifs is 1. The van der Waals surface area contributed by atoms with Gasteiger partial charge in [-0.3, -0.25) is 0 Å². The van der Waals surface area contributed by atoms with Crippen LogP contribution in [-0.2, 0) is 9.84 Å². The van der Waals surface area contributed by atoms with Crippen LogP contribution in [0.1, 0.15) is 38.2 Å². The summed E-state index contributed by atoms with van der Waals surface area (Å²) < 4.78 is 24.4. The molecule has 1 aromatic rings. The Kier molecular flexibility index (Phi) is 3.75. The van der Waals surface area contributed by atoms with E-state index in [-0.39, 0.29) is 17.1 Å². The minimum atomic E-state index is -3.13. The standard InChI is InChI=1S/C14H19ClO2S/c1-3-14(4-2,10-15)12-9-18(16,17)13-8-6-5-7-11(12)13/h5-8,12H,3-4,9-10H2,1-2H3. The van der Waals surface area contributed by atoms with E-state index in [1.165, 1.54) is 0 Å². The molecule has 0 bridgehead atoms. The highest BCUT2D eigenvalue weighted by atomic mass is 35.5. The molecule has 0 saturated heterocycles. The maximum atomic E-state index is 12.2. The molecule has 1 atom stereocenters. The Morgan fingerprint density at radius 2 is 1.89 bits per heavy atom. The van der Waals surface area contributed by atoms with Crippen molar-refractivity contribution in [2.24, 2.45) is 5.41 Å². The molecule has 0 saturated carbocycles. The first-order valence-electron chi connectivity index (χ1n) is 6.38. The predicted molar refractivity (Wildman–Crippen MR) is 75.0 cm³/mol. The molecule has 0 N–H and O–H groups in total. The molecular formula is C14H19ClO2S. The van der Waals surface area contributed by atoms with Crippen molar-refractivity contribution in [1.29, 1.82) is 0 Å². The van der Waals surface area contributed by atoms with E-state index in [9.17, 15) is 8.42 Å². The van der Waals surface area contributed by atoms with Crippen LogP contribution in [0.5, 0.6) is 0 Å². The van der Waals surface area contributed by atoms with Crippen LogP contribution in [0.2, 0.25) is 0 Å². The van der Waals surface area contributed by atoms with Gasteiger partial charge in [0.1, 0.15) is 0 Å². The Morgan fingerprint density at radius 1 is 1.28 bits per heavy atom. The van der Waals surface area contributed by atoms with E-state index in [1.54, 1.807) is 12.1 Å². The average molecular weight is 287 g/mol. The lowest BCUT2D eigenvalue weighted by atomic mass is 9.71. The Bertz CT molecular complexity index is 524. The summed E-state index contributed by atoms with van der Waals surface area (Å²) in [5, 5.41) is 0. The molecule has 1 aliphatic heterocycles. The third-order valence-corrected chi connectivity index (χ3v) is 6.78. The molecule has 0 radical (unpaired) electrons. The lowest BCUT2D eigenvalue weighted by Gasteiger charge is -2.35. The number of sulfone groups is 1. The highest BCUT2D eigenvalue weighted by molar-refractivity contribution is 7.91. The van der Waals surface area contributed by atoms with Gasteiger partial charge in [0.2, 0.25) is 0 Å².